The van der Waals surface area contributed by atoms with Crippen LogP contribution in [0.1, 0.15) is 22.4 Å². The Morgan fingerprint density at radius 2 is 1.91 bits per heavy atom. The number of esters is 1. The molecule has 7 nitrogen and oxygen atoms in total. The van der Waals surface area contributed by atoms with E-state index in [2.05, 4.69) is 4.98 Å². The van der Waals surface area contributed by atoms with E-state index in [0.717, 1.165) is 16.5 Å². The van der Waals surface area contributed by atoms with Gasteiger partial charge >= 0.3 is 5.97 Å². The van der Waals surface area contributed by atoms with E-state index in [0.29, 0.717) is 34.6 Å². The van der Waals surface area contributed by atoms with Crippen LogP contribution in [0.3, 0.4) is 0 Å². The highest BCUT2D eigenvalue weighted by molar-refractivity contribution is 5.93. The number of hydrogen-bond donors (Lipinski definition) is 2. The fraction of sp³-hybridized carbons (Fsp3) is 0.200. The van der Waals surface area contributed by atoms with Gasteiger partial charge in [0.15, 0.2) is 5.82 Å². The molecule has 0 unspecified atom stereocenters. The molecule has 0 bridgehead atoms. The molecule has 4 aromatic rings. The number of ether oxygens (including phenoxy) is 2. The molecule has 0 radical (unpaired) electrons. The van der Waals surface area contributed by atoms with E-state index in [1.165, 1.54) is 13.3 Å². The Hall–Kier alpha value is -3.75. The van der Waals surface area contributed by atoms with Crippen LogP contribution >= 0.6 is 0 Å². The molecule has 0 fully saturated rings. The van der Waals surface area contributed by atoms with Crippen molar-refractivity contribution in [3.05, 3.63) is 83.1 Å². The number of furan rings is 1. The first-order valence-electron chi connectivity index (χ1n) is 10.4. The number of rotatable bonds is 8. The van der Waals surface area contributed by atoms with Gasteiger partial charge in [0.05, 0.1) is 25.5 Å². The van der Waals surface area contributed by atoms with Crippen LogP contribution in [0.4, 0.5) is 4.39 Å². The third kappa shape index (κ3) is 4.72. The molecule has 8 heteroatoms. The lowest BCUT2D eigenvalue weighted by molar-refractivity contribution is -0.139. The Morgan fingerprint density at radius 1 is 1.06 bits per heavy atom. The van der Waals surface area contributed by atoms with Crippen LogP contribution in [-0.2, 0) is 35.6 Å². The number of nitrogens with zero attached hydrogens (tertiary/aromatic N) is 1. The predicted octanol–water partition coefficient (Wildman–Crippen LogP) is 3.85. The summed E-state index contributed by atoms with van der Waals surface area (Å²) >= 11 is 0. The number of methoxy groups -OCH3 is 1. The molecule has 4 rings (SSSR count). The lowest BCUT2D eigenvalue weighted by atomic mass is 10.00. The topological polar surface area (TPSA) is 114 Å². The van der Waals surface area contributed by atoms with Crippen LogP contribution < -0.4 is 16.2 Å². The Bertz CT molecular complexity index is 1300. The van der Waals surface area contributed by atoms with Crippen molar-refractivity contribution in [1.29, 1.82) is 0 Å². The van der Waals surface area contributed by atoms with Gasteiger partial charge < -0.3 is 25.4 Å². The average molecular weight is 449 g/mol. The number of benzene rings is 2. The van der Waals surface area contributed by atoms with Crippen LogP contribution in [0.25, 0.3) is 22.1 Å². The van der Waals surface area contributed by atoms with Gasteiger partial charge in [-0.15, -0.1) is 0 Å². The van der Waals surface area contributed by atoms with Gasteiger partial charge in [-0.3, -0.25) is 9.78 Å². The summed E-state index contributed by atoms with van der Waals surface area (Å²) in [7, 11) is 1.34. The molecule has 0 aliphatic carbocycles. The van der Waals surface area contributed by atoms with Crippen molar-refractivity contribution in [2.24, 2.45) is 11.5 Å². The first kappa shape index (κ1) is 22.4. The maximum atomic E-state index is 15.0. The summed E-state index contributed by atoms with van der Waals surface area (Å²) in [5.41, 5.74) is 15.4. The molecule has 0 amide bonds. The Morgan fingerprint density at radius 3 is 2.67 bits per heavy atom. The van der Waals surface area contributed by atoms with Crippen molar-refractivity contribution in [3.8, 4) is 16.9 Å². The predicted molar refractivity (Wildman–Crippen MR) is 122 cm³/mol. The summed E-state index contributed by atoms with van der Waals surface area (Å²) in [6.45, 7) is 0.516. The van der Waals surface area contributed by atoms with E-state index in [4.69, 9.17) is 25.4 Å². The van der Waals surface area contributed by atoms with Gasteiger partial charge in [-0.05, 0) is 41.5 Å². The lowest BCUT2D eigenvalue weighted by Gasteiger charge is -2.14. The van der Waals surface area contributed by atoms with Gasteiger partial charge in [0.25, 0.3) is 0 Å². The second kappa shape index (κ2) is 9.81. The Labute approximate surface area is 190 Å². The molecule has 0 saturated heterocycles. The van der Waals surface area contributed by atoms with E-state index in [1.54, 1.807) is 18.4 Å². The highest BCUT2D eigenvalue weighted by Gasteiger charge is 2.17. The molecule has 2 aromatic carbocycles. The van der Waals surface area contributed by atoms with E-state index in [9.17, 15) is 9.18 Å². The molecule has 0 spiro atoms. The maximum absolute atomic E-state index is 15.0. The van der Waals surface area contributed by atoms with Crippen molar-refractivity contribution in [2.45, 2.75) is 26.1 Å². The largest absolute Gasteiger partial charge is 0.489 e. The minimum absolute atomic E-state index is 0.00969. The first-order valence-corrected chi connectivity index (χ1v) is 10.4. The number of pyridine rings is 1. The molecule has 0 aliphatic rings. The molecule has 0 atom stereocenters. The van der Waals surface area contributed by atoms with E-state index >= 15 is 0 Å². The molecule has 4 N–H and O–H groups in total. The van der Waals surface area contributed by atoms with Gasteiger partial charge in [-0.1, -0.05) is 12.1 Å². The fourth-order valence-corrected chi connectivity index (χ4v) is 3.66. The molecule has 170 valence electrons. The van der Waals surface area contributed by atoms with E-state index < -0.39 is 5.82 Å². The van der Waals surface area contributed by atoms with Gasteiger partial charge in [0, 0.05) is 41.4 Å². The second-order valence-electron chi connectivity index (χ2n) is 7.49. The summed E-state index contributed by atoms with van der Waals surface area (Å²) in [4.78, 5) is 15.8. The summed E-state index contributed by atoms with van der Waals surface area (Å²) in [5, 5.41) is 0.808. The van der Waals surface area contributed by atoms with Crippen LogP contribution in [0.15, 0.2) is 59.3 Å². The number of hydrogen-bond acceptors (Lipinski definition) is 7. The van der Waals surface area contributed by atoms with Gasteiger partial charge in [0.2, 0.25) is 0 Å². The smallest absolute Gasteiger partial charge is 0.310 e. The van der Waals surface area contributed by atoms with Crippen molar-refractivity contribution in [1.82, 2.24) is 4.98 Å². The second-order valence-corrected chi connectivity index (χ2v) is 7.49. The minimum atomic E-state index is -0.480. The molecule has 0 aliphatic heterocycles. The quantitative estimate of drug-likeness (QED) is 0.393. The molecule has 2 aromatic heterocycles. The minimum Gasteiger partial charge on any atom is -0.489 e. The zero-order chi connectivity index (χ0) is 23.4. The number of nitrogens with two attached hydrogens (primary N) is 2. The molecular weight excluding hydrogens is 425 g/mol. The summed E-state index contributed by atoms with van der Waals surface area (Å²) in [5.74, 6) is -0.309. The third-order valence-electron chi connectivity index (χ3n) is 5.38. The first-order chi connectivity index (χ1) is 16.0. The number of carbonyl (C=O) groups excluding carboxylic acids is 1. The molecule has 2 heterocycles. The van der Waals surface area contributed by atoms with E-state index in [-0.39, 0.29) is 31.2 Å². The van der Waals surface area contributed by atoms with Crippen molar-refractivity contribution in [3.63, 3.8) is 0 Å². The lowest BCUT2D eigenvalue weighted by Crippen LogP contribution is -2.08. The summed E-state index contributed by atoms with van der Waals surface area (Å²) in [6, 6.07) is 12.6. The third-order valence-corrected chi connectivity index (χ3v) is 5.38. The van der Waals surface area contributed by atoms with Gasteiger partial charge in [0.1, 0.15) is 17.9 Å². The highest BCUT2D eigenvalue weighted by atomic mass is 19.1. The number of carbonyl (C=O) groups is 1. The van der Waals surface area contributed by atoms with Crippen molar-refractivity contribution < 1.29 is 23.1 Å². The van der Waals surface area contributed by atoms with Crippen LogP contribution in [0.5, 0.6) is 5.75 Å². The zero-order valence-electron chi connectivity index (χ0n) is 18.1. The van der Waals surface area contributed by atoms with E-state index in [1.807, 2.05) is 30.3 Å². The molecule has 33 heavy (non-hydrogen) atoms. The van der Waals surface area contributed by atoms with Crippen LogP contribution in [0.2, 0.25) is 0 Å². The SMILES string of the molecule is COC(=O)Cc1ccc(CN)cc1OCc1cc(-c2ccnc(CN)c2F)c2occc2c1. The zero-order valence-corrected chi connectivity index (χ0v) is 18.1. The van der Waals surface area contributed by atoms with Crippen LogP contribution in [0, 0.1) is 5.82 Å². The average Bonchev–Trinajstić information content (AvgIpc) is 3.31. The number of fused-ring (bicyclic) bond motifs is 1. The van der Waals surface area contributed by atoms with Crippen molar-refractivity contribution in [2.75, 3.05) is 7.11 Å². The summed E-state index contributed by atoms with van der Waals surface area (Å²) < 4.78 is 31.5. The standard InChI is InChI=1S/C25H24FN3O4/c1-31-23(30)11-17-3-2-15(12-27)10-22(17)33-14-16-8-18-5-7-32-25(18)20(9-16)19-4-6-29-21(13-28)24(19)26/h2-10H,11-14,27-28H2,1H3. The molecule has 0 saturated carbocycles. The molecular formula is C25H24FN3O4. The maximum Gasteiger partial charge on any atom is 0.310 e. The fourth-order valence-electron chi connectivity index (χ4n) is 3.66. The monoisotopic (exact) mass is 449 g/mol. The Balaban J connectivity index is 1.70. The van der Waals surface area contributed by atoms with Crippen LogP contribution in [-0.4, -0.2) is 18.1 Å². The van der Waals surface area contributed by atoms with Crippen molar-refractivity contribution >= 4 is 16.9 Å². The number of aromatic nitrogens is 1. The van der Waals surface area contributed by atoms with Gasteiger partial charge in [-0.2, -0.15) is 0 Å². The summed E-state index contributed by atoms with van der Waals surface area (Å²) in [6.07, 6.45) is 3.16. The van der Waals surface area contributed by atoms with Gasteiger partial charge in [-0.25, -0.2) is 4.39 Å². The Kier molecular flexibility index (Phi) is 6.67. The normalized spacial score (nSPS) is 11.0. The highest BCUT2D eigenvalue weighted by Crippen LogP contribution is 2.34. The number of halogens is 1.